The van der Waals surface area contributed by atoms with Gasteiger partial charge in [-0.3, -0.25) is 4.79 Å². The van der Waals surface area contributed by atoms with Gasteiger partial charge in [0.1, 0.15) is 5.76 Å². The number of benzene rings is 1. The molecule has 1 N–H and O–H groups in total. The third-order valence-electron chi connectivity index (χ3n) is 3.99. The fourth-order valence-corrected chi connectivity index (χ4v) is 2.35. The number of amides is 1. The molecule has 0 spiro atoms. The summed E-state index contributed by atoms with van der Waals surface area (Å²) in [6, 6.07) is 9.34. The van der Waals surface area contributed by atoms with Crippen LogP contribution in [0.4, 0.5) is 0 Å². The summed E-state index contributed by atoms with van der Waals surface area (Å²) >= 11 is 0. The van der Waals surface area contributed by atoms with E-state index in [0.717, 1.165) is 11.1 Å². The zero-order valence-electron chi connectivity index (χ0n) is 15.0. The molecule has 0 bridgehead atoms. The van der Waals surface area contributed by atoms with Gasteiger partial charge in [0.15, 0.2) is 5.69 Å². The molecule has 1 aromatic heterocycles. The molecule has 5 nitrogen and oxygen atoms in total. The number of nitrogens with zero attached hydrogens (tertiary/aromatic N) is 2. The Labute approximate surface area is 143 Å². The van der Waals surface area contributed by atoms with Crippen molar-refractivity contribution in [1.82, 2.24) is 10.1 Å². The summed E-state index contributed by atoms with van der Waals surface area (Å²) in [6.07, 6.45) is -0.733. The Morgan fingerprint density at radius 2 is 1.92 bits per heavy atom. The molecule has 0 aliphatic rings. The maximum Gasteiger partial charge on any atom is 0.276 e. The van der Waals surface area contributed by atoms with Gasteiger partial charge in [0.05, 0.1) is 12.6 Å². The summed E-state index contributed by atoms with van der Waals surface area (Å²) in [5.74, 6) is 0.434. The Kier molecular flexibility index (Phi) is 5.44. The van der Waals surface area contributed by atoms with Crippen LogP contribution in [0.3, 0.4) is 0 Å². The summed E-state index contributed by atoms with van der Waals surface area (Å²) in [6.45, 7) is 10.6. The van der Waals surface area contributed by atoms with E-state index in [2.05, 4.69) is 5.16 Å². The number of aryl methyl sites for hydroxylation is 1. The molecule has 0 aliphatic carbocycles. The van der Waals surface area contributed by atoms with Crippen molar-refractivity contribution < 1.29 is 14.4 Å². The van der Waals surface area contributed by atoms with Crippen molar-refractivity contribution in [2.45, 2.75) is 46.1 Å². The lowest BCUT2D eigenvalue weighted by molar-refractivity contribution is 0.0625. The highest BCUT2D eigenvalue weighted by Gasteiger charge is 2.25. The van der Waals surface area contributed by atoms with Crippen molar-refractivity contribution in [3.05, 3.63) is 52.9 Å². The second kappa shape index (κ2) is 7.18. The second-order valence-corrected chi connectivity index (χ2v) is 7.10. The molecular formula is C19H26N2O3. The first-order chi connectivity index (χ1) is 11.2. The number of rotatable bonds is 5. The minimum atomic E-state index is -0.733. The lowest BCUT2D eigenvalue weighted by atomic mass is 9.93. The quantitative estimate of drug-likeness (QED) is 0.911. The number of carbonyl (C=O) groups is 1. The highest BCUT2D eigenvalue weighted by molar-refractivity contribution is 5.92. The molecule has 1 unspecified atom stereocenters. The minimum absolute atomic E-state index is 0.204. The monoisotopic (exact) mass is 330 g/mol. The van der Waals surface area contributed by atoms with Crippen LogP contribution >= 0.6 is 0 Å². The van der Waals surface area contributed by atoms with Crippen molar-refractivity contribution in [3.8, 4) is 0 Å². The maximum absolute atomic E-state index is 12.6. The normalized spacial score (nSPS) is 12.9. The Hall–Kier alpha value is -2.14. The molecule has 130 valence electrons. The molecule has 1 heterocycles. The molecule has 0 saturated heterocycles. The van der Waals surface area contributed by atoms with Crippen molar-refractivity contribution in [2.24, 2.45) is 0 Å². The first kappa shape index (κ1) is 18.2. The molecule has 1 atom stereocenters. The predicted molar refractivity (Wildman–Crippen MR) is 92.9 cm³/mol. The highest BCUT2D eigenvalue weighted by atomic mass is 16.5. The van der Waals surface area contributed by atoms with E-state index in [-0.39, 0.29) is 23.6 Å². The van der Waals surface area contributed by atoms with Crippen molar-refractivity contribution >= 4 is 5.91 Å². The van der Waals surface area contributed by atoms with E-state index in [1.165, 1.54) is 0 Å². The summed E-state index contributed by atoms with van der Waals surface area (Å²) in [7, 11) is 0. The Balaban J connectivity index is 2.11. The Morgan fingerprint density at radius 3 is 2.42 bits per heavy atom. The standard InChI is InChI=1S/C19H26N2O3/c1-6-21(12-16(22)14-9-7-13(2)8-10-14)18(23)15-11-17(24-20-15)19(3,4)5/h7-11,16,22H,6,12H2,1-5H3. The molecule has 0 saturated carbocycles. The van der Waals surface area contributed by atoms with E-state index in [9.17, 15) is 9.90 Å². The first-order valence-corrected chi connectivity index (χ1v) is 8.23. The van der Waals surface area contributed by atoms with Gasteiger partial charge in [-0.25, -0.2) is 0 Å². The van der Waals surface area contributed by atoms with Gasteiger partial charge in [-0.05, 0) is 19.4 Å². The summed E-state index contributed by atoms with van der Waals surface area (Å²) in [5, 5.41) is 14.3. The average Bonchev–Trinajstić information content (AvgIpc) is 3.02. The largest absolute Gasteiger partial charge is 0.387 e. The third kappa shape index (κ3) is 4.23. The third-order valence-corrected chi connectivity index (χ3v) is 3.99. The van der Waals surface area contributed by atoms with Crippen LogP contribution in [0.5, 0.6) is 0 Å². The molecule has 5 heteroatoms. The van der Waals surface area contributed by atoms with Crippen LogP contribution in [0.15, 0.2) is 34.9 Å². The molecule has 24 heavy (non-hydrogen) atoms. The molecule has 1 amide bonds. The van der Waals surface area contributed by atoms with Gasteiger partial charge in [-0.2, -0.15) is 0 Å². The van der Waals surface area contributed by atoms with Crippen molar-refractivity contribution in [2.75, 3.05) is 13.1 Å². The molecule has 0 aliphatic heterocycles. The Bertz CT molecular complexity index is 683. The van der Waals surface area contributed by atoms with Gasteiger partial charge in [0.25, 0.3) is 5.91 Å². The van der Waals surface area contributed by atoms with Crippen LogP contribution in [0.1, 0.15) is 61.2 Å². The molecule has 0 radical (unpaired) electrons. The smallest absolute Gasteiger partial charge is 0.276 e. The average molecular weight is 330 g/mol. The number of hydrogen-bond donors (Lipinski definition) is 1. The number of aliphatic hydroxyl groups excluding tert-OH is 1. The van der Waals surface area contributed by atoms with E-state index >= 15 is 0 Å². The molecular weight excluding hydrogens is 304 g/mol. The maximum atomic E-state index is 12.6. The molecule has 2 rings (SSSR count). The lowest BCUT2D eigenvalue weighted by Crippen LogP contribution is -2.34. The number of hydrogen-bond acceptors (Lipinski definition) is 4. The van der Waals surface area contributed by atoms with Crippen molar-refractivity contribution in [3.63, 3.8) is 0 Å². The fraction of sp³-hybridized carbons (Fsp3) is 0.474. The summed E-state index contributed by atoms with van der Waals surface area (Å²) in [4.78, 5) is 14.2. The highest BCUT2D eigenvalue weighted by Crippen LogP contribution is 2.23. The zero-order valence-corrected chi connectivity index (χ0v) is 15.0. The second-order valence-electron chi connectivity index (χ2n) is 7.10. The van der Waals surface area contributed by atoms with Crippen LogP contribution in [0.2, 0.25) is 0 Å². The zero-order chi connectivity index (χ0) is 17.9. The van der Waals surface area contributed by atoms with Gasteiger partial charge in [-0.15, -0.1) is 0 Å². The SMILES string of the molecule is CCN(CC(O)c1ccc(C)cc1)C(=O)c1cc(C(C)(C)C)on1. The van der Waals surface area contributed by atoms with E-state index in [1.54, 1.807) is 11.0 Å². The van der Waals surface area contributed by atoms with Gasteiger partial charge in [-0.1, -0.05) is 55.8 Å². The minimum Gasteiger partial charge on any atom is -0.387 e. The lowest BCUT2D eigenvalue weighted by Gasteiger charge is -2.23. The van der Waals surface area contributed by atoms with Gasteiger partial charge < -0.3 is 14.5 Å². The van der Waals surface area contributed by atoms with Gasteiger partial charge in [0, 0.05) is 18.0 Å². The van der Waals surface area contributed by atoms with Gasteiger partial charge in [0.2, 0.25) is 0 Å². The fourth-order valence-electron chi connectivity index (χ4n) is 2.35. The van der Waals surface area contributed by atoms with Crippen LogP contribution in [0.25, 0.3) is 0 Å². The van der Waals surface area contributed by atoms with E-state index in [0.29, 0.717) is 12.3 Å². The Morgan fingerprint density at radius 1 is 1.29 bits per heavy atom. The first-order valence-electron chi connectivity index (χ1n) is 8.23. The molecule has 0 fully saturated rings. The number of likely N-dealkylation sites (N-methyl/N-ethyl adjacent to an activating group) is 1. The number of aromatic nitrogens is 1. The van der Waals surface area contributed by atoms with Crippen LogP contribution in [-0.4, -0.2) is 34.2 Å². The molecule has 2 aromatic rings. The number of aliphatic hydroxyl groups is 1. The van der Waals surface area contributed by atoms with Gasteiger partial charge >= 0.3 is 0 Å². The summed E-state index contributed by atoms with van der Waals surface area (Å²) in [5.41, 5.74) is 2.00. The predicted octanol–water partition coefficient (Wildman–Crippen LogP) is 3.48. The molecule has 1 aromatic carbocycles. The van der Waals surface area contributed by atoms with E-state index in [4.69, 9.17) is 4.52 Å². The number of carbonyl (C=O) groups excluding carboxylic acids is 1. The van der Waals surface area contributed by atoms with Crippen LogP contribution in [0, 0.1) is 6.92 Å². The van der Waals surface area contributed by atoms with Crippen LogP contribution in [-0.2, 0) is 5.41 Å². The van der Waals surface area contributed by atoms with Crippen LogP contribution < -0.4 is 0 Å². The van der Waals surface area contributed by atoms with E-state index < -0.39 is 6.10 Å². The van der Waals surface area contributed by atoms with E-state index in [1.807, 2.05) is 58.9 Å². The van der Waals surface area contributed by atoms with Crippen molar-refractivity contribution in [1.29, 1.82) is 0 Å². The summed E-state index contributed by atoms with van der Waals surface area (Å²) < 4.78 is 5.29. The topological polar surface area (TPSA) is 66.6 Å².